The van der Waals surface area contributed by atoms with Crippen molar-refractivity contribution in [2.45, 2.75) is 43.5 Å². The van der Waals surface area contributed by atoms with E-state index in [4.69, 9.17) is 5.11 Å². The Morgan fingerprint density at radius 3 is 2.80 bits per heavy atom. The van der Waals surface area contributed by atoms with Gasteiger partial charge in [-0.05, 0) is 43.6 Å². The van der Waals surface area contributed by atoms with Crippen LogP contribution in [0.3, 0.4) is 0 Å². The zero-order valence-electron chi connectivity index (χ0n) is 12.0. The largest absolute Gasteiger partial charge is 0.396 e. The van der Waals surface area contributed by atoms with E-state index in [9.17, 15) is 5.26 Å². The first kappa shape index (κ1) is 15.2. The van der Waals surface area contributed by atoms with E-state index in [1.54, 1.807) is 11.8 Å². The molecule has 4 heteroatoms. The van der Waals surface area contributed by atoms with Gasteiger partial charge >= 0.3 is 0 Å². The lowest BCUT2D eigenvalue weighted by molar-refractivity contribution is 0.283. The summed E-state index contributed by atoms with van der Waals surface area (Å²) in [4.78, 5) is 3.40. The van der Waals surface area contributed by atoms with Crippen molar-refractivity contribution in [1.82, 2.24) is 0 Å². The molecule has 0 unspecified atom stereocenters. The molecule has 2 rings (SSSR count). The van der Waals surface area contributed by atoms with Crippen molar-refractivity contribution < 1.29 is 5.11 Å². The van der Waals surface area contributed by atoms with E-state index in [0.717, 1.165) is 34.9 Å². The smallest absolute Gasteiger partial charge is 0.103 e. The van der Waals surface area contributed by atoms with Crippen LogP contribution in [0.25, 0.3) is 0 Å². The molecule has 1 aromatic rings. The van der Waals surface area contributed by atoms with E-state index in [1.165, 1.54) is 19.3 Å². The van der Waals surface area contributed by atoms with Crippen LogP contribution in [0.5, 0.6) is 0 Å². The van der Waals surface area contributed by atoms with Crippen molar-refractivity contribution in [2.75, 3.05) is 23.8 Å². The molecule has 20 heavy (non-hydrogen) atoms. The summed E-state index contributed by atoms with van der Waals surface area (Å²) >= 11 is 1.72. The van der Waals surface area contributed by atoms with Gasteiger partial charge in [-0.2, -0.15) is 5.26 Å². The van der Waals surface area contributed by atoms with Gasteiger partial charge < -0.3 is 10.0 Å². The van der Waals surface area contributed by atoms with E-state index in [2.05, 4.69) is 17.9 Å². The maximum Gasteiger partial charge on any atom is 0.103 e. The molecule has 1 fully saturated rings. The molecule has 0 bridgehead atoms. The van der Waals surface area contributed by atoms with Crippen molar-refractivity contribution in [3.63, 3.8) is 0 Å². The van der Waals surface area contributed by atoms with Crippen LogP contribution in [-0.2, 0) is 0 Å². The Hall–Kier alpha value is -1.18. The number of benzene rings is 1. The molecular formula is C16H22N2OS. The van der Waals surface area contributed by atoms with Crippen LogP contribution in [-0.4, -0.2) is 30.1 Å². The number of thioether (sulfide) groups is 1. The van der Waals surface area contributed by atoms with Gasteiger partial charge in [-0.25, -0.2) is 0 Å². The van der Waals surface area contributed by atoms with Crippen LogP contribution in [0.2, 0.25) is 0 Å². The molecule has 1 aromatic carbocycles. The maximum absolute atomic E-state index is 9.53. The predicted octanol–water partition coefficient (Wildman–Crippen LogP) is 3.41. The highest BCUT2D eigenvalue weighted by Gasteiger charge is 2.27. The van der Waals surface area contributed by atoms with E-state index < -0.39 is 0 Å². The SMILES string of the molecule is CCSc1cccc(N(CCCO)C2CCC2)c1C#N. The molecule has 0 spiro atoms. The molecule has 108 valence electrons. The van der Waals surface area contributed by atoms with Crippen LogP contribution in [0, 0.1) is 11.3 Å². The summed E-state index contributed by atoms with van der Waals surface area (Å²) in [6.07, 6.45) is 4.42. The molecule has 1 aliphatic carbocycles. The lowest BCUT2D eigenvalue weighted by Crippen LogP contribution is -2.41. The predicted molar refractivity (Wildman–Crippen MR) is 84.2 cm³/mol. The second-order valence-corrected chi connectivity index (χ2v) is 6.36. The molecule has 0 saturated heterocycles. The van der Waals surface area contributed by atoms with Gasteiger partial charge in [-0.15, -0.1) is 11.8 Å². The average Bonchev–Trinajstić information content (AvgIpc) is 2.41. The lowest BCUT2D eigenvalue weighted by Gasteiger charge is -2.40. The Morgan fingerprint density at radius 1 is 1.45 bits per heavy atom. The second-order valence-electron chi connectivity index (χ2n) is 5.05. The average molecular weight is 290 g/mol. The van der Waals surface area contributed by atoms with Crippen LogP contribution < -0.4 is 4.90 Å². The van der Waals surface area contributed by atoms with Crippen LogP contribution in [0.1, 0.15) is 38.2 Å². The summed E-state index contributed by atoms with van der Waals surface area (Å²) in [5.74, 6) is 0.970. The molecule has 1 aliphatic rings. The molecule has 3 nitrogen and oxygen atoms in total. The van der Waals surface area contributed by atoms with Gasteiger partial charge in [0.2, 0.25) is 0 Å². The summed E-state index contributed by atoms with van der Waals surface area (Å²) in [5.41, 5.74) is 1.84. The number of rotatable bonds is 7. The van der Waals surface area contributed by atoms with E-state index >= 15 is 0 Å². The van der Waals surface area contributed by atoms with Crippen LogP contribution in [0.4, 0.5) is 5.69 Å². The highest BCUT2D eigenvalue weighted by molar-refractivity contribution is 7.99. The number of nitriles is 1. The number of anilines is 1. The van der Waals surface area contributed by atoms with Gasteiger partial charge in [0.05, 0.1) is 11.3 Å². The monoisotopic (exact) mass is 290 g/mol. The summed E-state index contributed by atoms with van der Waals surface area (Å²) in [5, 5.41) is 18.6. The summed E-state index contributed by atoms with van der Waals surface area (Å²) in [6.45, 7) is 3.14. The zero-order chi connectivity index (χ0) is 14.4. The molecule has 0 aliphatic heterocycles. The Morgan fingerprint density at radius 2 is 2.25 bits per heavy atom. The highest BCUT2D eigenvalue weighted by atomic mass is 32.2. The minimum Gasteiger partial charge on any atom is -0.396 e. The summed E-state index contributed by atoms with van der Waals surface area (Å²) < 4.78 is 0. The Bertz CT molecular complexity index is 480. The van der Waals surface area contributed by atoms with Crippen molar-refractivity contribution in [3.8, 4) is 6.07 Å². The normalized spacial score (nSPS) is 14.7. The molecular weight excluding hydrogens is 268 g/mol. The van der Waals surface area contributed by atoms with Gasteiger partial charge in [0, 0.05) is 24.1 Å². The van der Waals surface area contributed by atoms with E-state index in [1.807, 2.05) is 18.2 Å². The van der Waals surface area contributed by atoms with E-state index in [0.29, 0.717) is 6.04 Å². The molecule has 1 N–H and O–H groups in total. The highest BCUT2D eigenvalue weighted by Crippen LogP contribution is 2.35. The first-order chi connectivity index (χ1) is 9.81. The van der Waals surface area contributed by atoms with Crippen molar-refractivity contribution in [3.05, 3.63) is 23.8 Å². The van der Waals surface area contributed by atoms with Gasteiger partial charge in [0.1, 0.15) is 6.07 Å². The number of hydrogen-bond acceptors (Lipinski definition) is 4. The fraction of sp³-hybridized carbons (Fsp3) is 0.562. The fourth-order valence-corrected chi connectivity index (χ4v) is 3.37. The Labute approximate surface area is 125 Å². The number of aliphatic hydroxyl groups excluding tert-OH is 1. The quantitative estimate of drug-likeness (QED) is 0.782. The third kappa shape index (κ3) is 3.28. The summed E-state index contributed by atoms with van der Waals surface area (Å²) in [7, 11) is 0. The Kier molecular flexibility index (Phi) is 5.75. The molecule has 0 atom stereocenters. The first-order valence-electron chi connectivity index (χ1n) is 7.35. The van der Waals surface area contributed by atoms with Gasteiger partial charge in [-0.1, -0.05) is 13.0 Å². The van der Waals surface area contributed by atoms with Gasteiger partial charge in [-0.3, -0.25) is 0 Å². The number of hydrogen-bond donors (Lipinski definition) is 1. The summed E-state index contributed by atoms with van der Waals surface area (Å²) in [6, 6.07) is 9.04. The number of aliphatic hydroxyl groups is 1. The van der Waals surface area contributed by atoms with Gasteiger partial charge in [0.15, 0.2) is 0 Å². The molecule has 1 saturated carbocycles. The first-order valence-corrected chi connectivity index (χ1v) is 8.33. The van der Waals surface area contributed by atoms with Crippen molar-refractivity contribution in [2.24, 2.45) is 0 Å². The number of nitrogens with zero attached hydrogens (tertiary/aromatic N) is 2. The third-order valence-electron chi connectivity index (χ3n) is 3.80. The molecule has 0 amide bonds. The van der Waals surface area contributed by atoms with Crippen molar-refractivity contribution in [1.29, 1.82) is 5.26 Å². The Balaban J connectivity index is 2.31. The second kappa shape index (κ2) is 7.56. The molecule has 0 aromatic heterocycles. The van der Waals surface area contributed by atoms with Crippen LogP contribution in [0.15, 0.2) is 23.1 Å². The van der Waals surface area contributed by atoms with E-state index in [-0.39, 0.29) is 6.61 Å². The zero-order valence-corrected chi connectivity index (χ0v) is 12.8. The third-order valence-corrected chi connectivity index (χ3v) is 4.74. The minimum atomic E-state index is 0.203. The molecule has 0 heterocycles. The minimum absolute atomic E-state index is 0.203. The standard InChI is InChI=1S/C16H22N2OS/c1-2-20-16-9-4-8-15(14(16)12-17)18(10-5-11-19)13-6-3-7-13/h4,8-9,13,19H,2-3,5-7,10-11H2,1H3. The van der Waals surface area contributed by atoms with Gasteiger partial charge in [0.25, 0.3) is 0 Å². The van der Waals surface area contributed by atoms with Crippen LogP contribution >= 0.6 is 11.8 Å². The van der Waals surface area contributed by atoms with Crippen molar-refractivity contribution >= 4 is 17.4 Å². The topological polar surface area (TPSA) is 47.3 Å². The lowest BCUT2D eigenvalue weighted by atomic mass is 9.90. The fourth-order valence-electron chi connectivity index (χ4n) is 2.59. The molecule has 0 radical (unpaired) electrons. The maximum atomic E-state index is 9.53.